The van der Waals surface area contributed by atoms with Gasteiger partial charge < -0.3 is 5.73 Å². The molecule has 0 unspecified atom stereocenters. The van der Waals surface area contributed by atoms with E-state index in [9.17, 15) is 4.39 Å². The van der Waals surface area contributed by atoms with Crippen LogP contribution in [0.4, 0.5) is 10.3 Å². The van der Waals surface area contributed by atoms with Crippen molar-refractivity contribution in [2.24, 2.45) is 5.10 Å². The predicted molar refractivity (Wildman–Crippen MR) is 91.5 cm³/mol. The molecule has 0 fully saturated rings. The molecule has 0 amide bonds. The van der Waals surface area contributed by atoms with Crippen LogP contribution >= 0.6 is 23.2 Å². The highest BCUT2D eigenvalue weighted by molar-refractivity contribution is 6.36. The third-order valence-corrected chi connectivity index (χ3v) is 3.70. The monoisotopic (exact) mass is 348 g/mol. The minimum Gasteiger partial charge on any atom is -0.368 e. The lowest BCUT2D eigenvalue weighted by Gasteiger charge is -1.99. The van der Waals surface area contributed by atoms with Crippen LogP contribution in [0.1, 0.15) is 5.56 Å². The first-order chi connectivity index (χ1) is 11.0. The zero-order chi connectivity index (χ0) is 16.4. The zero-order valence-corrected chi connectivity index (χ0v) is 13.3. The quantitative estimate of drug-likeness (QED) is 0.710. The molecule has 3 aromatic rings. The highest BCUT2D eigenvalue weighted by Gasteiger charge is 2.07. The highest BCUT2D eigenvalue weighted by atomic mass is 35.5. The molecule has 2 aromatic carbocycles. The molecule has 0 spiro atoms. The Bertz CT molecular complexity index is 872. The van der Waals surface area contributed by atoms with Crippen molar-refractivity contribution >= 4 is 35.4 Å². The number of rotatable bonds is 3. The van der Waals surface area contributed by atoms with Crippen LogP contribution in [0.15, 0.2) is 53.8 Å². The van der Waals surface area contributed by atoms with Crippen LogP contribution < -0.4 is 5.73 Å². The van der Waals surface area contributed by atoms with Crippen molar-refractivity contribution in [3.8, 4) is 11.3 Å². The third-order valence-electron chi connectivity index (χ3n) is 3.14. The second-order valence-electron chi connectivity index (χ2n) is 4.75. The molecule has 0 aliphatic rings. The Morgan fingerprint density at radius 3 is 2.57 bits per heavy atom. The molecule has 116 valence electrons. The molecule has 23 heavy (non-hydrogen) atoms. The molecule has 0 aliphatic heterocycles. The fourth-order valence-electron chi connectivity index (χ4n) is 1.97. The molecular weight excluding hydrogens is 338 g/mol. The van der Waals surface area contributed by atoms with Gasteiger partial charge in [0.1, 0.15) is 5.82 Å². The van der Waals surface area contributed by atoms with Crippen LogP contribution in [0.5, 0.6) is 0 Å². The van der Waals surface area contributed by atoms with Crippen molar-refractivity contribution in [2.75, 3.05) is 5.73 Å². The number of benzene rings is 2. The van der Waals surface area contributed by atoms with Crippen molar-refractivity contribution in [1.29, 1.82) is 0 Å². The molecule has 0 aliphatic carbocycles. The molecular formula is C16H11Cl2FN4. The van der Waals surface area contributed by atoms with Gasteiger partial charge >= 0.3 is 0 Å². The Labute approximate surface area is 142 Å². The van der Waals surface area contributed by atoms with E-state index in [1.54, 1.807) is 42.7 Å². The summed E-state index contributed by atoms with van der Waals surface area (Å²) >= 11 is 11.9. The third kappa shape index (κ3) is 3.52. The van der Waals surface area contributed by atoms with E-state index in [4.69, 9.17) is 28.9 Å². The molecule has 0 atom stereocenters. The number of nitrogen functional groups attached to an aromatic ring is 1. The van der Waals surface area contributed by atoms with Crippen LogP contribution in [0.3, 0.4) is 0 Å². The second-order valence-corrected chi connectivity index (χ2v) is 5.59. The van der Waals surface area contributed by atoms with Gasteiger partial charge in [-0.25, -0.2) is 14.1 Å². The van der Waals surface area contributed by atoms with Crippen molar-refractivity contribution in [3.05, 3.63) is 70.1 Å². The van der Waals surface area contributed by atoms with Gasteiger partial charge in [0.15, 0.2) is 0 Å². The molecule has 1 aromatic heterocycles. The SMILES string of the molecule is Nc1nc(-c2ccc(F)cc2)cn1/N=C\c1ccc(Cl)cc1Cl. The normalized spacial score (nSPS) is 11.3. The maximum absolute atomic E-state index is 13.0. The molecule has 0 saturated carbocycles. The molecule has 3 rings (SSSR count). The Hall–Kier alpha value is -2.37. The first-order valence-corrected chi connectivity index (χ1v) is 7.39. The van der Waals surface area contributed by atoms with Gasteiger partial charge in [0.25, 0.3) is 0 Å². The van der Waals surface area contributed by atoms with Gasteiger partial charge in [-0.05, 0) is 36.4 Å². The molecule has 0 bridgehead atoms. The minimum atomic E-state index is -0.309. The number of nitrogens with zero attached hydrogens (tertiary/aromatic N) is 3. The second kappa shape index (κ2) is 6.40. The van der Waals surface area contributed by atoms with Crippen LogP contribution in [-0.2, 0) is 0 Å². The standard InChI is InChI=1S/C16H11Cl2FN4/c17-12-4-1-11(14(18)7-12)8-21-23-9-15(22-16(23)20)10-2-5-13(19)6-3-10/h1-9H,(H2,20,22)/b21-8-. The number of nitrogens with two attached hydrogens (primary N) is 1. The van der Waals surface area contributed by atoms with Crippen LogP contribution in [0, 0.1) is 5.82 Å². The fourth-order valence-corrected chi connectivity index (χ4v) is 2.43. The summed E-state index contributed by atoms with van der Waals surface area (Å²) in [5.74, 6) is -0.0952. The smallest absolute Gasteiger partial charge is 0.221 e. The Kier molecular flexibility index (Phi) is 4.32. The van der Waals surface area contributed by atoms with E-state index in [-0.39, 0.29) is 11.8 Å². The maximum Gasteiger partial charge on any atom is 0.221 e. The summed E-state index contributed by atoms with van der Waals surface area (Å²) in [6.45, 7) is 0. The van der Waals surface area contributed by atoms with Gasteiger partial charge in [-0.3, -0.25) is 0 Å². The largest absolute Gasteiger partial charge is 0.368 e. The number of imidazole rings is 1. The minimum absolute atomic E-state index is 0.214. The first-order valence-electron chi connectivity index (χ1n) is 6.63. The van der Waals surface area contributed by atoms with Crippen LogP contribution in [-0.4, -0.2) is 15.9 Å². The molecule has 7 heteroatoms. The van der Waals surface area contributed by atoms with Gasteiger partial charge in [0, 0.05) is 16.1 Å². The van der Waals surface area contributed by atoms with E-state index in [1.807, 2.05) is 0 Å². The molecule has 0 radical (unpaired) electrons. The lowest BCUT2D eigenvalue weighted by molar-refractivity contribution is 0.628. The number of halogens is 3. The highest BCUT2D eigenvalue weighted by Crippen LogP contribution is 2.21. The maximum atomic E-state index is 13.0. The van der Waals surface area contributed by atoms with Crippen molar-refractivity contribution < 1.29 is 4.39 Å². The van der Waals surface area contributed by atoms with Crippen molar-refractivity contribution in [2.45, 2.75) is 0 Å². The van der Waals surface area contributed by atoms with E-state index in [0.29, 0.717) is 21.3 Å². The first kappa shape index (κ1) is 15.5. The fraction of sp³-hybridized carbons (Fsp3) is 0. The number of hydrogen-bond acceptors (Lipinski definition) is 3. The molecule has 4 nitrogen and oxygen atoms in total. The topological polar surface area (TPSA) is 56.2 Å². The van der Waals surface area contributed by atoms with E-state index >= 15 is 0 Å². The number of anilines is 1. The van der Waals surface area contributed by atoms with E-state index in [2.05, 4.69) is 10.1 Å². The summed E-state index contributed by atoms with van der Waals surface area (Å²) in [6.07, 6.45) is 3.22. The average Bonchev–Trinajstić information content (AvgIpc) is 2.88. The summed E-state index contributed by atoms with van der Waals surface area (Å²) in [5.41, 5.74) is 7.89. The van der Waals surface area contributed by atoms with Gasteiger partial charge in [-0.1, -0.05) is 29.3 Å². The number of aromatic nitrogens is 2. The lowest BCUT2D eigenvalue weighted by Crippen LogP contribution is -1.97. The summed E-state index contributed by atoms with van der Waals surface area (Å²) in [6, 6.07) is 11.1. The van der Waals surface area contributed by atoms with Crippen molar-refractivity contribution in [3.63, 3.8) is 0 Å². The van der Waals surface area contributed by atoms with Gasteiger partial charge in [0.2, 0.25) is 5.95 Å². The molecule has 1 heterocycles. The summed E-state index contributed by atoms with van der Waals surface area (Å²) in [4.78, 5) is 4.21. The number of hydrogen-bond donors (Lipinski definition) is 1. The average molecular weight is 349 g/mol. The van der Waals surface area contributed by atoms with Crippen LogP contribution in [0.2, 0.25) is 10.0 Å². The van der Waals surface area contributed by atoms with Gasteiger partial charge in [-0.2, -0.15) is 5.10 Å². The Balaban J connectivity index is 1.89. The Morgan fingerprint density at radius 1 is 1.13 bits per heavy atom. The van der Waals surface area contributed by atoms with Crippen LogP contribution in [0.25, 0.3) is 11.3 Å². The van der Waals surface area contributed by atoms with Gasteiger partial charge in [0.05, 0.1) is 23.1 Å². The van der Waals surface area contributed by atoms with Crippen molar-refractivity contribution in [1.82, 2.24) is 9.66 Å². The summed E-state index contributed by atoms with van der Waals surface area (Å²) in [5, 5.41) is 5.27. The Morgan fingerprint density at radius 2 is 1.87 bits per heavy atom. The molecule has 2 N–H and O–H groups in total. The van der Waals surface area contributed by atoms with Gasteiger partial charge in [-0.15, -0.1) is 0 Å². The van der Waals surface area contributed by atoms with E-state index in [0.717, 1.165) is 5.56 Å². The lowest BCUT2D eigenvalue weighted by atomic mass is 10.2. The zero-order valence-electron chi connectivity index (χ0n) is 11.7. The van der Waals surface area contributed by atoms with E-state index < -0.39 is 0 Å². The molecule has 0 saturated heterocycles. The van der Waals surface area contributed by atoms with E-state index in [1.165, 1.54) is 16.8 Å². The predicted octanol–water partition coefficient (Wildman–Crippen LogP) is 4.46. The summed E-state index contributed by atoms with van der Waals surface area (Å²) < 4.78 is 14.4. The summed E-state index contributed by atoms with van der Waals surface area (Å²) in [7, 11) is 0.